The van der Waals surface area contributed by atoms with Gasteiger partial charge in [0.15, 0.2) is 11.5 Å². The fourth-order valence-electron chi connectivity index (χ4n) is 2.19. The number of phenols is 1. The number of thiophene rings is 1. The fraction of sp³-hybridized carbons (Fsp3) is 0.111. The minimum atomic E-state index is -0.103. The van der Waals surface area contributed by atoms with Crippen LogP contribution in [0.15, 0.2) is 35.0 Å². The first-order valence-corrected chi connectivity index (χ1v) is 9.53. The number of nitriles is 1. The number of hydrogen-bond acceptors (Lipinski definition) is 6. The first-order valence-electron chi connectivity index (χ1n) is 7.39. The number of halogens is 1. The molecule has 2 aromatic heterocycles. The lowest BCUT2D eigenvalue weighted by atomic mass is 10.1. The molecule has 3 rings (SSSR count). The maximum Gasteiger partial charge on any atom is 0.176 e. The van der Waals surface area contributed by atoms with Crippen molar-refractivity contribution in [2.45, 2.75) is 6.92 Å². The second kappa shape index (κ2) is 7.70. The lowest BCUT2D eigenvalue weighted by Gasteiger charge is -2.08. The Morgan fingerprint density at radius 2 is 2.28 bits per heavy atom. The molecule has 0 aliphatic rings. The summed E-state index contributed by atoms with van der Waals surface area (Å²) in [4.78, 5) is 5.60. The van der Waals surface area contributed by atoms with Crippen molar-refractivity contribution in [3.8, 4) is 28.1 Å². The number of benzene rings is 1. The van der Waals surface area contributed by atoms with E-state index in [1.54, 1.807) is 29.5 Å². The Hall–Kier alpha value is -2.33. The number of phenolic OH excluding ortho intramolecular Hbond substituents is 1. The van der Waals surface area contributed by atoms with Crippen LogP contribution in [0.2, 0.25) is 5.02 Å². The minimum absolute atomic E-state index is 0.103. The quantitative estimate of drug-likeness (QED) is 0.570. The number of allylic oxidation sites excluding steroid dienone is 1. The summed E-state index contributed by atoms with van der Waals surface area (Å²) in [5.74, 6) is 0.186. The molecule has 3 aromatic rings. The summed E-state index contributed by atoms with van der Waals surface area (Å²) in [5.41, 5.74) is 1.95. The Morgan fingerprint density at radius 3 is 2.96 bits per heavy atom. The van der Waals surface area contributed by atoms with Crippen molar-refractivity contribution in [1.82, 2.24) is 4.98 Å². The molecule has 0 unspecified atom stereocenters. The van der Waals surface area contributed by atoms with Crippen LogP contribution in [0.5, 0.6) is 11.5 Å². The third kappa shape index (κ3) is 3.85. The monoisotopic (exact) mass is 388 g/mol. The van der Waals surface area contributed by atoms with Crippen LogP contribution in [0, 0.1) is 11.3 Å². The molecule has 0 fully saturated rings. The van der Waals surface area contributed by atoms with E-state index in [0.29, 0.717) is 22.8 Å². The molecule has 2 heterocycles. The normalized spacial score (nSPS) is 11.3. The highest BCUT2D eigenvalue weighted by atomic mass is 35.5. The van der Waals surface area contributed by atoms with Crippen LogP contribution in [0.4, 0.5) is 0 Å². The molecule has 0 radical (unpaired) electrons. The molecule has 0 atom stereocenters. The van der Waals surface area contributed by atoms with Gasteiger partial charge in [0.1, 0.15) is 11.1 Å². The van der Waals surface area contributed by atoms with Crippen molar-refractivity contribution in [2.24, 2.45) is 0 Å². The maximum absolute atomic E-state index is 9.92. The standard InChI is InChI=1S/C18H13ClN2O2S2/c1-2-23-15-8-11(7-13(19)17(15)22)6-12(9-20)18-21-14(10-25-18)16-4-3-5-24-16/h3-8,10,22H,2H2,1H3/b12-6-. The van der Waals surface area contributed by atoms with Crippen LogP contribution in [-0.2, 0) is 0 Å². The molecule has 1 aromatic carbocycles. The lowest BCUT2D eigenvalue weighted by Crippen LogP contribution is -1.93. The molecular weight excluding hydrogens is 376 g/mol. The summed E-state index contributed by atoms with van der Waals surface area (Å²) >= 11 is 9.06. The lowest BCUT2D eigenvalue weighted by molar-refractivity contribution is 0.318. The van der Waals surface area contributed by atoms with Gasteiger partial charge in [-0.15, -0.1) is 22.7 Å². The van der Waals surface area contributed by atoms with Crippen LogP contribution in [-0.4, -0.2) is 16.7 Å². The van der Waals surface area contributed by atoms with Crippen LogP contribution >= 0.6 is 34.3 Å². The minimum Gasteiger partial charge on any atom is -0.503 e. The van der Waals surface area contributed by atoms with Gasteiger partial charge in [-0.3, -0.25) is 0 Å². The summed E-state index contributed by atoms with van der Waals surface area (Å²) in [5, 5.41) is 24.2. The van der Waals surface area contributed by atoms with E-state index in [1.807, 2.05) is 29.8 Å². The van der Waals surface area contributed by atoms with Gasteiger partial charge in [-0.05, 0) is 42.1 Å². The van der Waals surface area contributed by atoms with Crippen LogP contribution in [0.3, 0.4) is 0 Å². The zero-order valence-electron chi connectivity index (χ0n) is 13.2. The Kier molecular flexibility index (Phi) is 5.39. The largest absolute Gasteiger partial charge is 0.503 e. The van der Waals surface area contributed by atoms with Crippen molar-refractivity contribution in [3.63, 3.8) is 0 Å². The van der Waals surface area contributed by atoms with Crippen LogP contribution in [0.1, 0.15) is 17.5 Å². The number of hydrogen-bond donors (Lipinski definition) is 1. The highest BCUT2D eigenvalue weighted by molar-refractivity contribution is 7.14. The SMILES string of the molecule is CCOc1cc(/C=C(/C#N)c2nc(-c3cccs3)cs2)cc(Cl)c1O. The van der Waals surface area contributed by atoms with Crippen LogP contribution < -0.4 is 4.74 Å². The Bertz CT molecular complexity index is 956. The van der Waals surface area contributed by atoms with Gasteiger partial charge in [0.25, 0.3) is 0 Å². The molecule has 4 nitrogen and oxygen atoms in total. The highest BCUT2D eigenvalue weighted by Gasteiger charge is 2.12. The number of thiazole rings is 1. The number of nitrogens with zero attached hydrogens (tertiary/aromatic N) is 2. The van der Waals surface area contributed by atoms with Crippen molar-refractivity contribution in [2.75, 3.05) is 6.61 Å². The predicted molar refractivity (Wildman–Crippen MR) is 103 cm³/mol. The third-order valence-electron chi connectivity index (χ3n) is 3.29. The van der Waals surface area contributed by atoms with Crippen LogP contribution in [0.25, 0.3) is 22.2 Å². The van der Waals surface area contributed by atoms with Gasteiger partial charge in [-0.25, -0.2) is 4.98 Å². The zero-order valence-corrected chi connectivity index (χ0v) is 15.6. The summed E-state index contributed by atoms with van der Waals surface area (Å²) in [6, 6.07) is 9.37. The molecule has 1 N–H and O–H groups in total. The second-order valence-electron chi connectivity index (χ2n) is 4.97. The topological polar surface area (TPSA) is 66.1 Å². The van der Waals surface area contributed by atoms with Gasteiger partial charge < -0.3 is 9.84 Å². The molecule has 0 aliphatic heterocycles. The average Bonchev–Trinajstić information content (AvgIpc) is 3.28. The maximum atomic E-state index is 9.92. The summed E-state index contributed by atoms with van der Waals surface area (Å²) in [7, 11) is 0. The van der Waals surface area contributed by atoms with Gasteiger partial charge in [-0.2, -0.15) is 5.26 Å². The summed E-state index contributed by atoms with van der Waals surface area (Å²) in [6.45, 7) is 2.22. The summed E-state index contributed by atoms with van der Waals surface area (Å²) in [6.07, 6.45) is 1.69. The molecule has 126 valence electrons. The molecule has 0 bridgehead atoms. The molecule has 0 amide bonds. The van der Waals surface area contributed by atoms with Gasteiger partial charge in [-0.1, -0.05) is 17.7 Å². The van der Waals surface area contributed by atoms with E-state index >= 15 is 0 Å². The smallest absolute Gasteiger partial charge is 0.176 e. The molecule has 25 heavy (non-hydrogen) atoms. The van der Waals surface area contributed by atoms with Crippen molar-refractivity contribution in [1.29, 1.82) is 5.26 Å². The third-order valence-corrected chi connectivity index (χ3v) is 5.35. The van der Waals surface area contributed by atoms with E-state index in [-0.39, 0.29) is 16.5 Å². The molecule has 0 spiro atoms. The molecular formula is C18H13ClN2O2S2. The van der Waals surface area contributed by atoms with E-state index < -0.39 is 0 Å². The van der Waals surface area contributed by atoms with E-state index in [2.05, 4.69) is 11.1 Å². The van der Waals surface area contributed by atoms with Gasteiger partial charge in [0, 0.05) is 5.38 Å². The van der Waals surface area contributed by atoms with Crippen molar-refractivity contribution < 1.29 is 9.84 Å². The number of aromatic nitrogens is 1. The van der Waals surface area contributed by atoms with E-state index in [1.165, 1.54) is 11.3 Å². The zero-order chi connectivity index (χ0) is 17.8. The number of rotatable bonds is 5. The molecule has 0 saturated carbocycles. The Labute approximate surface area is 158 Å². The fourth-order valence-corrected chi connectivity index (χ4v) is 3.95. The molecule has 0 aliphatic carbocycles. The second-order valence-corrected chi connectivity index (χ2v) is 7.18. The van der Waals surface area contributed by atoms with E-state index in [9.17, 15) is 10.4 Å². The van der Waals surface area contributed by atoms with Gasteiger partial charge >= 0.3 is 0 Å². The summed E-state index contributed by atoms with van der Waals surface area (Å²) < 4.78 is 5.37. The predicted octanol–water partition coefficient (Wildman–Crippen LogP) is 5.69. The number of aromatic hydroxyl groups is 1. The highest BCUT2D eigenvalue weighted by Crippen LogP contribution is 2.37. The van der Waals surface area contributed by atoms with Gasteiger partial charge in [0.05, 0.1) is 27.8 Å². The van der Waals surface area contributed by atoms with E-state index in [4.69, 9.17) is 16.3 Å². The van der Waals surface area contributed by atoms with E-state index in [0.717, 1.165) is 10.6 Å². The average molecular weight is 389 g/mol. The first-order chi connectivity index (χ1) is 12.1. The van der Waals surface area contributed by atoms with Crippen molar-refractivity contribution >= 4 is 45.9 Å². The van der Waals surface area contributed by atoms with Gasteiger partial charge in [0.2, 0.25) is 0 Å². The first kappa shape index (κ1) is 17.5. The molecule has 7 heteroatoms. The molecule has 0 saturated heterocycles. The van der Waals surface area contributed by atoms with Crippen molar-refractivity contribution in [3.05, 3.63) is 50.6 Å². The Balaban J connectivity index is 1.97. The number of ether oxygens (including phenoxy) is 1. The Morgan fingerprint density at radius 1 is 1.44 bits per heavy atom.